The maximum absolute atomic E-state index is 11.4. The molecule has 0 aliphatic rings. The molecule has 0 aromatic rings. The van der Waals surface area contributed by atoms with Crippen molar-refractivity contribution in [2.45, 2.75) is 52.6 Å². The second-order valence-electron chi connectivity index (χ2n) is 5.38. The van der Waals surface area contributed by atoms with Gasteiger partial charge in [-0.25, -0.2) is 4.79 Å². The third kappa shape index (κ3) is 10.1. The van der Waals surface area contributed by atoms with Crippen LogP contribution in [0.5, 0.6) is 0 Å². The molecular formula is C13H28N2O2. The lowest BCUT2D eigenvalue weighted by Crippen LogP contribution is -2.33. The first kappa shape index (κ1) is 16.2. The summed E-state index contributed by atoms with van der Waals surface area (Å²) in [5.41, 5.74) is -0.416. The number of alkyl carbamates (subject to hydrolysis) is 1. The van der Waals surface area contributed by atoms with Crippen LogP contribution in [0.15, 0.2) is 0 Å². The number of amides is 1. The van der Waals surface area contributed by atoms with Crippen LogP contribution in [-0.2, 0) is 4.74 Å². The zero-order valence-corrected chi connectivity index (χ0v) is 11.9. The molecule has 0 aliphatic carbocycles. The van der Waals surface area contributed by atoms with Gasteiger partial charge in [-0.3, -0.25) is 0 Å². The Balaban J connectivity index is 3.70. The van der Waals surface area contributed by atoms with Gasteiger partial charge in [-0.05, 0) is 53.1 Å². The first-order valence-electron chi connectivity index (χ1n) is 6.50. The number of hydrogen-bond acceptors (Lipinski definition) is 3. The van der Waals surface area contributed by atoms with Gasteiger partial charge in [-0.2, -0.15) is 0 Å². The van der Waals surface area contributed by atoms with Crippen LogP contribution in [0, 0.1) is 5.92 Å². The molecule has 1 amide bonds. The second kappa shape index (κ2) is 8.34. The maximum Gasteiger partial charge on any atom is 0.407 e. The van der Waals surface area contributed by atoms with E-state index in [1.165, 1.54) is 0 Å². The van der Waals surface area contributed by atoms with Crippen LogP contribution in [0.1, 0.15) is 47.0 Å². The molecule has 1 atom stereocenters. The Morgan fingerprint density at radius 1 is 1.24 bits per heavy atom. The SMILES string of the molecule is CCC(CCNC)CCNC(=O)OC(C)(C)C. The van der Waals surface area contributed by atoms with Crippen molar-refractivity contribution in [2.24, 2.45) is 5.92 Å². The van der Waals surface area contributed by atoms with E-state index in [0.717, 1.165) is 25.8 Å². The monoisotopic (exact) mass is 244 g/mol. The van der Waals surface area contributed by atoms with Crippen LogP contribution in [0.3, 0.4) is 0 Å². The average molecular weight is 244 g/mol. The summed E-state index contributed by atoms with van der Waals surface area (Å²) in [5.74, 6) is 0.664. The minimum atomic E-state index is -0.416. The van der Waals surface area contributed by atoms with E-state index in [1.807, 2.05) is 27.8 Å². The summed E-state index contributed by atoms with van der Waals surface area (Å²) in [6.07, 6.45) is 3.00. The van der Waals surface area contributed by atoms with Crippen molar-refractivity contribution in [2.75, 3.05) is 20.1 Å². The van der Waals surface area contributed by atoms with Crippen molar-refractivity contribution in [3.05, 3.63) is 0 Å². The van der Waals surface area contributed by atoms with E-state index in [4.69, 9.17) is 4.74 Å². The van der Waals surface area contributed by atoms with E-state index < -0.39 is 5.60 Å². The minimum Gasteiger partial charge on any atom is -0.444 e. The first-order valence-corrected chi connectivity index (χ1v) is 6.50. The Morgan fingerprint density at radius 3 is 2.29 bits per heavy atom. The molecular weight excluding hydrogens is 216 g/mol. The van der Waals surface area contributed by atoms with Gasteiger partial charge in [0.25, 0.3) is 0 Å². The smallest absolute Gasteiger partial charge is 0.407 e. The Labute approximate surface area is 105 Å². The van der Waals surface area contributed by atoms with Gasteiger partial charge < -0.3 is 15.4 Å². The Hall–Kier alpha value is -0.770. The number of hydrogen-bond donors (Lipinski definition) is 2. The van der Waals surface area contributed by atoms with Gasteiger partial charge >= 0.3 is 6.09 Å². The standard InChI is InChI=1S/C13H28N2O2/c1-6-11(7-9-14-5)8-10-15-12(16)17-13(2,3)4/h11,14H,6-10H2,1-5H3,(H,15,16). The molecule has 0 aromatic heterocycles. The molecule has 0 saturated carbocycles. The number of carbonyl (C=O) groups is 1. The third-order valence-electron chi connectivity index (χ3n) is 2.60. The molecule has 17 heavy (non-hydrogen) atoms. The van der Waals surface area contributed by atoms with E-state index in [-0.39, 0.29) is 6.09 Å². The third-order valence-corrected chi connectivity index (χ3v) is 2.60. The molecule has 0 saturated heterocycles. The molecule has 0 radical (unpaired) electrons. The molecule has 102 valence electrons. The lowest BCUT2D eigenvalue weighted by Gasteiger charge is -2.20. The summed E-state index contributed by atoms with van der Waals surface area (Å²) >= 11 is 0. The molecule has 0 aliphatic heterocycles. The van der Waals surface area contributed by atoms with Gasteiger partial charge in [0.15, 0.2) is 0 Å². The summed E-state index contributed by atoms with van der Waals surface area (Å²) in [5, 5.41) is 5.95. The van der Waals surface area contributed by atoms with E-state index in [0.29, 0.717) is 12.5 Å². The van der Waals surface area contributed by atoms with Crippen LogP contribution in [0.4, 0.5) is 4.79 Å². The summed E-state index contributed by atoms with van der Waals surface area (Å²) < 4.78 is 5.17. The summed E-state index contributed by atoms with van der Waals surface area (Å²) in [6.45, 7) is 9.52. The first-order chi connectivity index (χ1) is 7.89. The predicted molar refractivity (Wildman–Crippen MR) is 71.2 cm³/mol. The summed E-state index contributed by atoms with van der Waals surface area (Å²) in [6, 6.07) is 0. The van der Waals surface area contributed by atoms with Gasteiger partial charge in [0.1, 0.15) is 5.60 Å². The largest absolute Gasteiger partial charge is 0.444 e. The minimum absolute atomic E-state index is 0.319. The van der Waals surface area contributed by atoms with Gasteiger partial charge in [-0.15, -0.1) is 0 Å². The van der Waals surface area contributed by atoms with E-state index >= 15 is 0 Å². The molecule has 0 heterocycles. The van der Waals surface area contributed by atoms with Crippen molar-refractivity contribution in [1.82, 2.24) is 10.6 Å². The molecule has 0 aromatic carbocycles. The Bertz CT molecular complexity index is 212. The van der Waals surface area contributed by atoms with Crippen molar-refractivity contribution in [3.8, 4) is 0 Å². The highest BCUT2D eigenvalue weighted by molar-refractivity contribution is 5.67. The molecule has 2 N–H and O–H groups in total. The van der Waals surface area contributed by atoms with Crippen LogP contribution in [0.25, 0.3) is 0 Å². The van der Waals surface area contributed by atoms with Crippen LogP contribution < -0.4 is 10.6 Å². The van der Waals surface area contributed by atoms with Gasteiger partial charge in [0, 0.05) is 6.54 Å². The number of rotatable bonds is 7. The highest BCUT2D eigenvalue weighted by atomic mass is 16.6. The second-order valence-corrected chi connectivity index (χ2v) is 5.38. The van der Waals surface area contributed by atoms with Gasteiger partial charge in [0.2, 0.25) is 0 Å². The van der Waals surface area contributed by atoms with Crippen molar-refractivity contribution in [3.63, 3.8) is 0 Å². The molecule has 0 rings (SSSR count). The van der Waals surface area contributed by atoms with Gasteiger partial charge in [-0.1, -0.05) is 13.3 Å². The van der Waals surface area contributed by atoms with Crippen LogP contribution in [-0.4, -0.2) is 31.8 Å². The van der Waals surface area contributed by atoms with Crippen molar-refractivity contribution >= 4 is 6.09 Å². The zero-order valence-electron chi connectivity index (χ0n) is 11.9. The normalized spacial score (nSPS) is 13.2. The maximum atomic E-state index is 11.4. The van der Waals surface area contributed by atoms with Gasteiger partial charge in [0.05, 0.1) is 0 Å². The molecule has 1 unspecified atom stereocenters. The molecule has 4 nitrogen and oxygen atoms in total. The van der Waals surface area contributed by atoms with E-state index in [9.17, 15) is 4.79 Å². The van der Waals surface area contributed by atoms with Crippen molar-refractivity contribution in [1.29, 1.82) is 0 Å². The highest BCUT2D eigenvalue weighted by Crippen LogP contribution is 2.11. The lowest BCUT2D eigenvalue weighted by molar-refractivity contribution is 0.0524. The predicted octanol–water partition coefficient (Wildman–Crippen LogP) is 2.54. The fraction of sp³-hybridized carbons (Fsp3) is 0.923. The van der Waals surface area contributed by atoms with Crippen molar-refractivity contribution < 1.29 is 9.53 Å². The fourth-order valence-electron chi connectivity index (χ4n) is 1.59. The quantitative estimate of drug-likeness (QED) is 0.723. The number of nitrogens with one attached hydrogen (secondary N) is 2. The average Bonchev–Trinajstić information content (AvgIpc) is 2.20. The Kier molecular flexibility index (Phi) is 7.96. The van der Waals surface area contributed by atoms with E-state index in [1.54, 1.807) is 0 Å². The van der Waals surface area contributed by atoms with E-state index in [2.05, 4.69) is 17.6 Å². The lowest BCUT2D eigenvalue weighted by atomic mass is 9.98. The number of ether oxygens (including phenoxy) is 1. The highest BCUT2D eigenvalue weighted by Gasteiger charge is 2.15. The molecule has 0 fully saturated rings. The fourth-order valence-corrected chi connectivity index (χ4v) is 1.59. The summed E-state index contributed by atoms with van der Waals surface area (Å²) in [4.78, 5) is 11.4. The number of carbonyl (C=O) groups excluding carboxylic acids is 1. The molecule has 4 heteroatoms. The topological polar surface area (TPSA) is 50.4 Å². The summed E-state index contributed by atoms with van der Waals surface area (Å²) in [7, 11) is 1.96. The Morgan fingerprint density at radius 2 is 1.82 bits per heavy atom. The zero-order chi connectivity index (χ0) is 13.3. The molecule has 0 spiro atoms. The molecule has 0 bridgehead atoms. The van der Waals surface area contributed by atoms with Crippen LogP contribution in [0.2, 0.25) is 0 Å². The van der Waals surface area contributed by atoms with Crippen LogP contribution >= 0.6 is 0 Å².